The third-order valence-electron chi connectivity index (χ3n) is 3.64. The van der Waals surface area contributed by atoms with Crippen LogP contribution in [0.5, 0.6) is 0 Å². The van der Waals surface area contributed by atoms with E-state index in [1.165, 1.54) is 0 Å². The smallest absolute Gasteiger partial charge is 0.304 e. The normalized spacial score (nSPS) is 28.3. The Hall–Kier alpha value is -0.610. The molecular formula is C13H26N2O2. The lowest BCUT2D eigenvalue weighted by Crippen LogP contribution is -2.43. The number of carboxylic acid groups (broad SMARTS) is 1. The first kappa shape index (κ1) is 14.5. The van der Waals surface area contributed by atoms with E-state index in [2.05, 4.69) is 37.6 Å². The van der Waals surface area contributed by atoms with Crippen molar-refractivity contribution < 1.29 is 9.90 Å². The summed E-state index contributed by atoms with van der Waals surface area (Å²) >= 11 is 0. The predicted molar refractivity (Wildman–Crippen MR) is 69.2 cm³/mol. The number of hydrogen-bond acceptors (Lipinski definition) is 3. The molecule has 0 aliphatic carbocycles. The van der Waals surface area contributed by atoms with Gasteiger partial charge in [0.05, 0.1) is 6.42 Å². The number of carbonyl (C=O) groups is 1. The van der Waals surface area contributed by atoms with Crippen molar-refractivity contribution in [2.75, 3.05) is 26.7 Å². The van der Waals surface area contributed by atoms with Crippen molar-refractivity contribution in [2.45, 2.75) is 45.7 Å². The van der Waals surface area contributed by atoms with Gasteiger partial charge >= 0.3 is 5.97 Å². The molecule has 0 aromatic heterocycles. The first-order valence-electron chi connectivity index (χ1n) is 6.56. The quantitative estimate of drug-likeness (QED) is 0.811. The Kier molecular flexibility index (Phi) is 5.40. The molecule has 1 aliphatic rings. The molecule has 1 rings (SSSR count). The van der Waals surface area contributed by atoms with Crippen LogP contribution in [0.15, 0.2) is 0 Å². The summed E-state index contributed by atoms with van der Waals surface area (Å²) < 4.78 is 0. The summed E-state index contributed by atoms with van der Waals surface area (Å²) in [5.74, 6) is -0.0559. The molecule has 0 radical (unpaired) electrons. The van der Waals surface area contributed by atoms with Gasteiger partial charge in [0.25, 0.3) is 0 Å². The van der Waals surface area contributed by atoms with Crippen LogP contribution < -0.4 is 0 Å². The van der Waals surface area contributed by atoms with Crippen LogP contribution in [0.1, 0.15) is 33.6 Å². The summed E-state index contributed by atoms with van der Waals surface area (Å²) in [6, 6.07) is 0.611. The zero-order chi connectivity index (χ0) is 13.0. The monoisotopic (exact) mass is 242 g/mol. The van der Waals surface area contributed by atoms with Crippen LogP contribution in [0.25, 0.3) is 0 Å². The Morgan fingerprint density at radius 2 is 2.12 bits per heavy atom. The first-order valence-corrected chi connectivity index (χ1v) is 6.56. The minimum absolute atomic E-state index is 0.142. The maximum Gasteiger partial charge on any atom is 0.304 e. The fraction of sp³-hybridized carbons (Fsp3) is 0.923. The third-order valence-corrected chi connectivity index (χ3v) is 3.64. The Labute approximate surface area is 105 Å². The molecule has 1 saturated heterocycles. The highest BCUT2D eigenvalue weighted by Crippen LogP contribution is 2.17. The minimum atomic E-state index is -0.694. The van der Waals surface area contributed by atoms with E-state index < -0.39 is 5.97 Å². The van der Waals surface area contributed by atoms with E-state index in [1.54, 1.807) is 0 Å². The van der Waals surface area contributed by atoms with Gasteiger partial charge in [-0.2, -0.15) is 0 Å². The van der Waals surface area contributed by atoms with Crippen LogP contribution in [-0.4, -0.2) is 59.6 Å². The molecule has 1 aliphatic heterocycles. The molecule has 1 fully saturated rings. The van der Waals surface area contributed by atoms with Crippen molar-refractivity contribution in [1.29, 1.82) is 0 Å². The van der Waals surface area contributed by atoms with E-state index in [-0.39, 0.29) is 12.5 Å². The predicted octanol–water partition coefficient (Wildman–Crippen LogP) is 1.51. The molecule has 4 nitrogen and oxygen atoms in total. The second-order valence-corrected chi connectivity index (χ2v) is 5.71. The zero-order valence-corrected chi connectivity index (χ0v) is 11.5. The van der Waals surface area contributed by atoms with Gasteiger partial charge in [0.15, 0.2) is 0 Å². The van der Waals surface area contributed by atoms with E-state index in [0.717, 1.165) is 26.1 Å². The first-order chi connectivity index (χ1) is 7.90. The molecular weight excluding hydrogens is 216 g/mol. The molecule has 0 aromatic rings. The van der Waals surface area contributed by atoms with E-state index >= 15 is 0 Å². The highest BCUT2D eigenvalue weighted by atomic mass is 16.4. The van der Waals surface area contributed by atoms with Gasteiger partial charge in [-0.3, -0.25) is 9.69 Å². The highest BCUT2D eigenvalue weighted by molar-refractivity contribution is 5.67. The molecule has 2 atom stereocenters. The number of aliphatic carboxylic acids is 1. The third kappa shape index (κ3) is 4.64. The summed E-state index contributed by atoms with van der Waals surface area (Å²) in [7, 11) is 2.05. The van der Waals surface area contributed by atoms with Crippen molar-refractivity contribution >= 4 is 5.97 Å². The Morgan fingerprint density at radius 1 is 1.47 bits per heavy atom. The fourth-order valence-corrected chi connectivity index (χ4v) is 2.54. The van der Waals surface area contributed by atoms with Gasteiger partial charge < -0.3 is 10.0 Å². The SMILES string of the molecule is CC(C)CN1CCC(C)N(C)C(CC(=O)O)C1. The number of carboxylic acids is 1. The van der Waals surface area contributed by atoms with Crippen LogP contribution in [0.3, 0.4) is 0 Å². The van der Waals surface area contributed by atoms with Crippen molar-refractivity contribution in [3.63, 3.8) is 0 Å². The highest BCUT2D eigenvalue weighted by Gasteiger charge is 2.28. The second kappa shape index (κ2) is 6.36. The molecule has 0 saturated carbocycles. The Bertz CT molecular complexity index is 256. The van der Waals surface area contributed by atoms with Gasteiger partial charge in [0, 0.05) is 25.2 Å². The summed E-state index contributed by atoms with van der Waals surface area (Å²) in [6.07, 6.45) is 1.37. The van der Waals surface area contributed by atoms with Gasteiger partial charge in [-0.15, -0.1) is 0 Å². The molecule has 0 aromatic carbocycles. The fourth-order valence-electron chi connectivity index (χ4n) is 2.54. The molecule has 0 spiro atoms. The van der Waals surface area contributed by atoms with Gasteiger partial charge in [-0.1, -0.05) is 13.8 Å². The Balaban J connectivity index is 2.66. The van der Waals surface area contributed by atoms with E-state index in [9.17, 15) is 4.79 Å². The van der Waals surface area contributed by atoms with Gasteiger partial charge in [0.1, 0.15) is 0 Å². The lowest BCUT2D eigenvalue weighted by Gasteiger charge is -2.31. The van der Waals surface area contributed by atoms with Crippen LogP contribution in [0.2, 0.25) is 0 Å². The number of nitrogens with zero attached hydrogens (tertiary/aromatic N) is 2. The average molecular weight is 242 g/mol. The molecule has 1 heterocycles. The van der Waals surface area contributed by atoms with Crippen molar-refractivity contribution in [3.05, 3.63) is 0 Å². The van der Waals surface area contributed by atoms with Gasteiger partial charge in [-0.25, -0.2) is 0 Å². The summed E-state index contributed by atoms with van der Waals surface area (Å²) in [6.45, 7) is 9.64. The zero-order valence-electron chi connectivity index (χ0n) is 11.5. The maximum atomic E-state index is 10.9. The van der Waals surface area contributed by atoms with Crippen molar-refractivity contribution in [3.8, 4) is 0 Å². The van der Waals surface area contributed by atoms with Crippen LogP contribution in [-0.2, 0) is 4.79 Å². The number of likely N-dealkylation sites (N-methyl/N-ethyl adjacent to an activating group) is 1. The molecule has 1 N–H and O–H groups in total. The molecule has 17 heavy (non-hydrogen) atoms. The lowest BCUT2D eigenvalue weighted by atomic mass is 10.1. The van der Waals surface area contributed by atoms with Gasteiger partial charge in [-0.05, 0) is 32.9 Å². The average Bonchev–Trinajstić information content (AvgIpc) is 2.31. The number of rotatable bonds is 4. The summed E-state index contributed by atoms with van der Waals surface area (Å²) in [4.78, 5) is 15.6. The molecule has 100 valence electrons. The Morgan fingerprint density at radius 3 is 2.65 bits per heavy atom. The molecule has 0 bridgehead atoms. The van der Waals surface area contributed by atoms with Crippen molar-refractivity contribution in [2.24, 2.45) is 5.92 Å². The standard InChI is InChI=1S/C13H26N2O2/c1-10(2)8-15-6-5-11(3)14(4)12(9-15)7-13(16)17/h10-12H,5-9H2,1-4H3,(H,16,17). The topological polar surface area (TPSA) is 43.8 Å². The van der Waals surface area contributed by atoms with Gasteiger partial charge in [0.2, 0.25) is 0 Å². The maximum absolute atomic E-state index is 10.9. The van der Waals surface area contributed by atoms with Crippen LogP contribution >= 0.6 is 0 Å². The summed E-state index contributed by atoms with van der Waals surface area (Å²) in [5.41, 5.74) is 0. The second-order valence-electron chi connectivity index (χ2n) is 5.71. The van der Waals surface area contributed by atoms with Crippen molar-refractivity contribution in [1.82, 2.24) is 9.80 Å². The molecule has 2 unspecified atom stereocenters. The largest absolute Gasteiger partial charge is 0.481 e. The lowest BCUT2D eigenvalue weighted by molar-refractivity contribution is -0.138. The summed E-state index contributed by atoms with van der Waals surface area (Å²) in [5, 5.41) is 8.98. The molecule has 0 amide bonds. The van der Waals surface area contributed by atoms with Crippen LogP contribution in [0.4, 0.5) is 0 Å². The van der Waals surface area contributed by atoms with E-state index in [4.69, 9.17) is 5.11 Å². The van der Waals surface area contributed by atoms with Crippen LogP contribution in [0, 0.1) is 5.92 Å². The molecule has 4 heteroatoms. The minimum Gasteiger partial charge on any atom is -0.481 e. The number of hydrogen-bond donors (Lipinski definition) is 1. The van der Waals surface area contributed by atoms with E-state index in [1.807, 2.05) is 0 Å². The van der Waals surface area contributed by atoms with E-state index in [0.29, 0.717) is 12.0 Å².